The van der Waals surface area contributed by atoms with Gasteiger partial charge < -0.3 is 14.6 Å². The summed E-state index contributed by atoms with van der Waals surface area (Å²) >= 11 is 6.79. The molecule has 6 nitrogen and oxygen atoms in total. The Kier molecular flexibility index (Phi) is 6.32. The zero-order valence-electron chi connectivity index (χ0n) is 18.9. The number of halogens is 3. The van der Waals surface area contributed by atoms with Gasteiger partial charge in [0.25, 0.3) is 0 Å². The van der Waals surface area contributed by atoms with Crippen molar-refractivity contribution in [1.29, 1.82) is 0 Å². The van der Waals surface area contributed by atoms with Gasteiger partial charge in [-0.25, -0.2) is 13.6 Å². The molecule has 9 heteroatoms. The molecule has 35 heavy (non-hydrogen) atoms. The Hall–Kier alpha value is -3.26. The summed E-state index contributed by atoms with van der Waals surface area (Å²) in [6.07, 6.45) is 7.25. The first-order valence-electron chi connectivity index (χ1n) is 11.7. The van der Waals surface area contributed by atoms with Crippen molar-refractivity contribution in [3.05, 3.63) is 74.5 Å². The molecule has 1 aliphatic heterocycles. The lowest BCUT2D eigenvalue weighted by Crippen LogP contribution is -2.31. The van der Waals surface area contributed by atoms with Crippen molar-refractivity contribution in [3.63, 3.8) is 0 Å². The fourth-order valence-corrected chi connectivity index (χ4v) is 5.11. The third-order valence-corrected chi connectivity index (χ3v) is 6.98. The van der Waals surface area contributed by atoms with E-state index in [0.29, 0.717) is 18.6 Å². The molecule has 1 atom stereocenters. The highest BCUT2D eigenvalue weighted by Gasteiger charge is 2.31. The van der Waals surface area contributed by atoms with Crippen LogP contribution in [0.25, 0.3) is 10.9 Å². The van der Waals surface area contributed by atoms with Crippen LogP contribution in [-0.2, 0) is 0 Å². The zero-order valence-corrected chi connectivity index (χ0v) is 19.6. The summed E-state index contributed by atoms with van der Waals surface area (Å²) in [5.74, 6) is -2.32. The smallest absolute Gasteiger partial charge is 0.341 e. The van der Waals surface area contributed by atoms with Gasteiger partial charge in [-0.1, -0.05) is 23.7 Å². The van der Waals surface area contributed by atoms with Gasteiger partial charge in [-0.05, 0) is 55.9 Å². The van der Waals surface area contributed by atoms with E-state index >= 15 is 4.39 Å². The van der Waals surface area contributed by atoms with Gasteiger partial charge in [0.05, 0.1) is 27.7 Å². The molecule has 2 fully saturated rings. The Balaban J connectivity index is 1.54. The number of anilines is 1. The lowest BCUT2D eigenvalue weighted by molar-refractivity contribution is 0.0695. The second kappa shape index (κ2) is 9.41. The maximum Gasteiger partial charge on any atom is 0.341 e. The number of aliphatic imine (C=N–C) groups is 1. The molecular weight excluding hydrogens is 476 g/mol. The molecule has 0 amide bonds. The maximum absolute atomic E-state index is 15.5. The summed E-state index contributed by atoms with van der Waals surface area (Å²) in [5, 5.41) is 9.57. The number of carboxylic acids is 1. The minimum Gasteiger partial charge on any atom is -0.477 e. The highest BCUT2D eigenvalue weighted by Crippen LogP contribution is 2.42. The number of aromatic carboxylic acids is 1. The summed E-state index contributed by atoms with van der Waals surface area (Å²) < 4.78 is 30.4. The van der Waals surface area contributed by atoms with E-state index in [9.17, 15) is 19.1 Å². The minimum atomic E-state index is -1.35. The number of carboxylic acid groups (broad SMARTS) is 1. The van der Waals surface area contributed by atoms with Gasteiger partial charge in [-0.3, -0.25) is 9.79 Å². The highest BCUT2D eigenvalue weighted by atomic mass is 35.5. The number of benzene rings is 2. The molecule has 1 saturated carbocycles. The van der Waals surface area contributed by atoms with Gasteiger partial charge in [-0.15, -0.1) is 0 Å². The van der Waals surface area contributed by atoms with Crippen molar-refractivity contribution in [2.75, 3.05) is 18.0 Å². The molecule has 2 aromatic carbocycles. The Labute approximate surface area is 205 Å². The second-order valence-corrected chi connectivity index (χ2v) is 9.54. The van der Waals surface area contributed by atoms with Crippen LogP contribution in [0.2, 0.25) is 5.02 Å². The van der Waals surface area contributed by atoms with Crippen LogP contribution in [0.5, 0.6) is 0 Å². The third-order valence-electron chi connectivity index (χ3n) is 6.62. The van der Waals surface area contributed by atoms with E-state index in [1.807, 2.05) is 4.90 Å². The van der Waals surface area contributed by atoms with Crippen molar-refractivity contribution in [2.45, 2.75) is 44.2 Å². The predicted molar refractivity (Wildman–Crippen MR) is 132 cm³/mol. The molecule has 1 aliphatic carbocycles. The number of hydrogen-bond donors (Lipinski definition) is 1. The van der Waals surface area contributed by atoms with E-state index in [2.05, 4.69) is 4.99 Å². The topological polar surface area (TPSA) is 74.9 Å². The Bertz CT molecular complexity index is 1380. The quantitative estimate of drug-likeness (QED) is 0.474. The van der Waals surface area contributed by atoms with E-state index in [1.54, 1.807) is 22.9 Å². The van der Waals surface area contributed by atoms with Gasteiger partial charge >= 0.3 is 5.97 Å². The number of nitrogens with zero attached hydrogens (tertiary/aromatic N) is 3. The van der Waals surface area contributed by atoms with E-state index in [0.717, 1.165) is 43.7 Å². The van der Waals surface area contributed by atoms with E-state index in [4.69, 9.17) is 11.6 Å². The summed E-state index contributed by atoms with van der Waals surface area (Å²) in [4.78, 5) is 31.0. The van der Waals surface area contributed by atoms with Crippen LogP contribution in [0.15, 0.2) is 46.3 Å². The monoisotopic (exact) mass is 499 g/mol. The molecular formula is C26H24ClF2N3O3. The average Bonchev–Trinajstić information content (AvgIpc) is 3.67. The zero-order chi connectivity index (χ0) is 24.7. The van der Waals surface area contributed by atoms with Crippen LogP contribution in [0.4, 0.5) is 14.5 Å². The fourth-order valence-electron chi connectivity index (χ4n) is 4.70. The molecule has 2 aliphatic rings. The number of rotatable bonds is 5. The van der Waals surface area contributed by atoms with E-state index in [1.165, 1.54) is 18.3 Å². The van der Waals surface area contributed by atoms with Crippen molar-refractivity contribution >= 4 is 40.4 Å². The molecule has 3 aromatic rings. The van der Waals surface area contributed by atoms with Crippen LogP contribution in [0, 0.1) is 11.6 Å². The summed E-state index contributed by atoms with van der Waals surface area (Å²) in [7, 11) is 0. The fraction of sp³-hybridized carbons (Fsp3) is 0.346. The molecule has 0 spiro atoms. The van der Waals surface area contributed by atoms with Crippen molar-refractivity contribution < 1.29 is 18.7 Å². The lowest BCUT2D eigenvalue weighted by atomic mass is 10.1. The number of pyridine rings is 1. The minimum absolute atomic E-state index is 0.0243. The van der Waals surface area contributed by atoms with Crippen LogP contribution >= 0.6 is 11.6 Å². The molecule has 2 heterocycles. The summed E-state index contributed by atoms with van der Waals surface area (Å²) in [5.41, 5.74) is 0.225. The average molecular weight is 500 g/mol. The first-order chi connectivity index (χ1) is 16.8. The van der Waals surface area contributed by atoms with Crippen molar-refractivity contribution in [3.8, 4) is 0 Å². The molecule has 0 bridgehead atoms. The summed E-state index contributed by atoms with van der Waals surface area (Å²) in [6.45, 7) is 1.01. The molecule has 0 unspecified atom stereocenters. The predicted octanol–water partition coefficient (Wildman–Crippen LogP) is 5.44. The normalized spacial score (nSPS) is 18.8. The number of carbonyl (C=O) groups is 1. The molecule has 1 saturated heterocycles. The second-order valence-electron chi connectivity index (χ2n) is 9.16. The molecule has 182 valence electrons. The first kappa shape index (κ1) is 23.5. The van der Waals surface area contributed by atoms with Crippen LogP contribution in [0.1, 0.15) is 54.1 Å². The molecule has 1 N–H and O–H groups in total. The van der Waals surface area contributed by atoms with Crippen molar-refractivity contribution in [2.24, 2.45) is 4.99 Å². The van der Waals surface area contributed by atoms with Crippen LogP contribution in [-0.4, -0.2) is 41.0 Å². The Morgan fingerprint density at radius 1 is 1.14 bits per heavy atom. The van der Waals surface area contributed by atoms with E-state index < -0.39 is 22.8 Å². The highest BCUT2D eigenvalue weighted by molar-refractivity contribution is 6.38. The van der Waals surface area contributed by atoms with Gasteiger partial charge in [0.2, 0.25) is 5.43 Å². The van der Waals surface area contributed by atoms with Crippen molar-refractivity contribution in [1.82, 2.24) is 4.57 Å². The molecule has 0 radical (unpaired) electrons. The standard InChI is InChI=1S/C26H24ClF2N3O3/c27-22-23-19(25(33)20(26(34)35)14-32(23)18-8-9-18)11-21(29)24(22)31-10-2-1-3-17(13-31)30-12-15-4-6-16(28)7-5-15/h4-7,11-12,14,17-18H,1-3,8-10,13H2,(H,34,35)/t17-/m1/s1. The molecule has 5 rings (SSSR count). The van der Waals surface area contributed by atoms with Gasteiger partial charge in [-0.2, -0.15) is 0 Å². The summed E-state index contributed by atoms with van der Waals surface area (Å²) in [6, 6.07) is 7.08. The third kappa shape index (κ3) is 4.67. The molecule has 1 aromatic heterocycles. The van der Waals surface area contributed by atoms with Gasteiger partial charge in [0, 0.05) is 31.5 Å². The Morgan fingerprint density at radius 3 is 2.57 bits per heavy atom. The van der Waals surface area contributed by atoms with E-state index in [-0.39, 0.29) is 34.0 Å². The number of aromatic nitrogens is 1. The first-order valence-corrected chi connectivity index (χ1v) is 12.0. The maximum atomic E-state index is 15.5. The van der Waals surface area contributed by atoms with Gasteiger partial charge in [0.15, 0.2) is 0 Å². The Morgan fingerprint density at radius 2 is 1.89 bits per heavy atom. The number of hydrogen-bond acceptors (Lipinski definition) is 4. The number of fused-ring (bicyclic) bond motifs is 1. The van der Waals surface area contributed by atoms with Crippen LogP contribution in [0.3, 0.4) is 0 Å². The van der Waals surface area contributed by atoms with Crippen LogP contribution < -0.4 is 10.3 Å². The lowest BCUT2D eigenvalue weighted by Gasteiger charge is -2.27. The largest absolute Gasteiger partial charge is 0.477 e. The SMILES string of the molecule is O=C(O)c1cn(C2CC2)c2c(Cl)c(N3CCCC[C@@H](N=Cc4ccc(F)cc4)C3)c(F)cc2c1=O. The van der Waals surface area contributed by atoms with Gasteiger partial charge in [0.1, 0.15) is 17.2 Å².